The van der Waals surface area contributed by atoms with Gasteiger partial charge >= 0.3 is 0 Å². The zero-order chi connectivity index (χ0) is 20.8. The van der Waals surface area contributed by atoms with Gasteiger partial charge < -0.3 is 4.90 Å². The van der Waals surface area contributed by atoms with Crippen molar-refractivity contribution in [2.45, 2.75) is 58.0 Å². The van der Waals surface area contributed by atoms with E-state index in [2.05, 4.69) is 30.1 Å². The maximum absolute atomic E-state index is 13.2. The van der Waals surface area contributed by atoms with Gasteiger partial charge in [-0.1, -0.05) is 31.2 Å². The van der Waals surface area contributed by atoms with Crippen LogP contribution in [0.2, 0.25) is 0 Å². The fraction of sp³-hybridized carbons (Fsp3) is 0.458. The molecule has 3 aromatic rings. The highest BCUT2D eigenvalue weighted by atomic mass is 32.1. The van der Waals surface area contributed by atoms with Crippen molar-refractivity contribution >= 4 is 27.5 Å². The fourth-order valence-electron chi connectivity index (χ4n) is 5.04. The minimum absolute atomic E-state index is 0.0396. The number of amides is 1. The largest absolute Gasteiger partial charge is 0.337 e. The topological polar surface area (TPSA) is 55.2 Å². The standard InChI is InChI=1S/C24H27N3O2S/c1-15-10-11-18-20(12-15)30-23-22(18)24(29)27(14-25-23)13-21(28)26(2)19-9-5-7-16-6-3-4-8-17(16)19/h3-4,6,8,14-15,19H,5,7,9-13H2,1-2H3/t15-,19-/m1/s1. The van der Waals surface area contributed by atoms with Crippen molar-refractivity contribution in [1.82, 2.24) is 14.5 Å². The summed E-state index contributed by atoms with van der Waals surface area (Å²) in [5.74, 6) is 0.610. The highest BCUT2D eigenvalue weighted by Crippen LogP contribution is 2.36. The first kappa shape index (κ1) is 19.5. The summed E-state index contributed by atoms with van der Waals surface area (Å²) >= 11 is 1.65. The molecule has 2 atom stereocenters. The van der Waals surface area contributed by atoms with Gasteiger partial charge in [0, 0.05) is 11.9 Å². The minimum Gasteiger partial charge on any atom is -0.337 e. The van der Waals surface area contributed by atoms with Gasteiger partial charge in [0.1, 0.15) is 11.4 Å². The maximum atomic E-state index is 13.2. The second-order valence-electron chi connectivity index (χ2n) is 8.82. The third-order valence-corrected chi connectivity index (χ3v) is 7.95. The predicted octanol–water partition coefficient (Wildman–Crippen LogP) is 4.12. The van der Waals surface area contributed by atoms with Crippen molar-refractivity contribution < 1.29 is 4.79 Å². The van der Waals surface area contributed by atoms with Gasteiger partial charge in [0.15, 0.2) is 0 Å². The molecule has 0 spiro atoms. The Labute approximate surface area is 180 Å². The number of carbonyl (C=O) groups is 1. The third-order valence-electron chi connectivity index (χ3n) is 6.79. The van der Waals surface area contributed by atoms with Crippen LogP contribution in [0.3, 0.4) is 0 Å². The number of likely N-dealkylation sites (N-methyl/N-ethyl adjacent to an activating group) is 1. The first-order chi connectivity index (χ1) is 14.5. The summed E-state index contributed by atoms with van der Waals surface area (Å²) in [6, 6.07) is 8.46. The molecule has 0 N–H and O–H groups in total. The van der Waals surface area contributed by atoms with E-state index in [-0.39, 0.29) is 24.1 Å². The van der Waals surface area contributed by atoms with Crippen molar-refractivity contribution in [1.29, 1.82) is 0 Å². The smallest absolute Gasteiger partial charge is 0.262 e. The van der Waals surface area contributed by atoms with Crippen LogP contribution in [0.25, 0.3) is 10.2 Å². The molecule has 30 heavy (non-hydrogen) atoms. The number of thiophene rings is 1. The van der Waals surface area contributed by atoms with E-state index in [0.717, 1.165) is 48.7 Å². The molecule has 0 aliphatic heterocycles. The second-order valence-corrected chi connectivity index (χ2v) is 9.90. The molecule has 2 aromatic heterocycles. The number of hydrogen-bond acceptors (Lipinski definition) is 4. The molecule has 0 saturated heterocycles. The summed E-state index contributed by atoms with van der Waals surface area (Å²) < 4.78 is 1.50. The Kier molecular flexibility index (Phi) is 4.97. The zero-order valence-corrected chi connectivity index (χ0v) is 18.4. The summed E-state index contributed by atoms with van der Waals surface area (Å²) in [7, 11) is 1.86. The lowest BCUT2D eigenvalue weighted by Crippen LogP contribution is -2.37. The maximum Gasteiger partial charge on any atom is 0.262 e. The highest BCUT2D eigenvalue weighted by Gasteiger charge is 2.28. The molecule has 0 unspecified atom stereocenters. The van der Waals surface area contributed by atoms with Gasteiger partial charge in [0.25, 0.3) is 5.56 Å². The lowest BCUT2D eigenvalue weighted by Gasteiger charge is -2.33. The molecule has 1 amide bonds. The molecule has 0 saturated carbocycles. The minimum atomic E-state index is -0.0714. The quantitative estimate of drug-likeness (QED) is 0.639. The highest BCUT2D eigenvalue weighted by molar-refractivity contribution is 7.18. The average molecular weight is 422 g/mol. The predicted molar refractivity (Wildman–Crippen MR) is 120 cm³/mol. The first-order valence-electron chi connectivity index (χ1n) is 10.9. The van der Waals surface area contributed by atoms with Crippen LogP contribution in [0.5, 0.6) is 0 Å². The zero-order valence-electron chi connectivity index (χ0n) is 17.6. The summed E-state index contributed by atoms with van der Waals surface area (Å²) in [5.41, 5.74) is 3.66. The van der Waals surface area contributed by atoms with Crippen LogP contribution < -0.4 is 5.56 Å². The van der Waals surface area contributed by atoms with Crippen LogP contribution >= 0.6 is 11.3 Å². The summed E-state index contributed by atoms with van der Waals surface area (Å²) in [4.78, 5) is 34.8. The number of benzene rings is 1. The van der Waals surface area contributed by atoms with E-state index < -0.39 is 0 Å². The van der Waals surface area contributed by atoms with Gasteiger partial charge in [-0.05, 0) is 61.1 Å². The van der Waals surface area contributed by atoms with Crippen LogP contribution in [-0.4, -0.2) is 27.4 Å². The Bertz CT molecular complexity index is 1180. The van der Waals surface area contributed by atoms with Gasteiger partial charge in [-0.25, -0.2) is 4.98 Å². The van der Waals surface area contributed by atoms with E-state index in [0.29, 0.717) is 5.92 Å². The van der Waals surface area contributed by atoms with Crippen molar-refractivity contribution in [3.8, 4) is 0 Å². The second kappa shape index (κ2) is 7.65. The normalized spacial score (nSPS) is 20.6. The molecule has 5 rings (SSSR count). The number of carbonyl (C=O) groups excluding carboxylic acids is 1. The van der Waals surface area contributed by atoms with E-state index in [1.165, 1.54) is 26.1 Å². The first-order valence-corrected chi connectivity index (χ1v) is 11.7. The molecule has 1 aromatic carbocycles. The van der Waals surface area contributed by atoms with E-state index in [4.69, 9.17) is 0 Å². The Morgan fingerprint density at radius 2 is 2.10 bits per heavy atom. The van der Waals surface area contributed by atoms with E-state index in [1.54, 1.807) is 17.7 Å². The van der Waals surface area contributed by atoms with Gasteiger partial charge in [-0.3, -0.25) is 14.2 Å². The number of hydrogen-bond donors (Lipinski definition) is 0. The van der Waals surface area contributed by atoms with Crippen LogP contribution in [0.1, 0.15) is 53.8 Å². The monoisotopic (exact) mass is 421 g/mol. The molecular formula is C24H27N3O2S. The Hall–Kier alpha value is -2.47. The molecule has 156 valence electrons. The van der Waals surface area contributed by atoms with Gasteiger partial charge in [0.2, 0.25) is 5.91 Å². The summed E-state index contributed by atoms with van der Waals surface area (Å²) in [6.45, 7) is 2.30. The van der Waals surface area contributed by atoms with Crippen molar-refractivity contribution in [3.05, 3.63) is 62.5 Å². The van der Waals surface area contributed by atoms with Crippen LogP contribution in [0.4, 0.5) is 0 Å². The Morgan fingerprint density at radius 1 is 1.27 bits per heavy atom. The Morgan fingerprint density at radius 3 is 2.97 bits per heavy atom. The SMILES string of the molecule is C[C@@H]1CCc2c(sc3ncn(CC(=O)N(C)[C@@H]4CCCc5ccccc54)c(=O)c23)C1. The van der Waals surface area contributed by atoms with E-state index >= 15 is 0 Å². The Balaban J connectivity index is 1.43. The molecule has 0 radical (unpaired) electrons. The van der Waals surface area contributed by atoms with Crippen molar-refractivity contribution in [2.24, 2.45) is 5.92 Å². The van der Waals surface area contributed by atoms with Crippen LogP contribution in [0, 0.1) is 5.92 Å². The number of rotatable bonds is 3. The number of nitrogens with zero attached hydrogens (tertiary/aromatic N) is 3. The summed E-state index contributed by atoms with van der Waals surface area (Å²) in [6.07, 6.45) is 7.72. The van der Waals surface area contributed by atoms with Crippen LogP contribution in [0.15, 0.2) is 35.4 Å². The lowest BCUT2D eigenvalue weighted by molar-refractivity contribution is -0.133. The molecule has 6 heteroatoms. The summed E-state index contributed by atoms with van der Waals surface area (Å²) in [5, 5.41) is 0.739. The molecule has 2 heterocycles. The number of aromatic nitrogens is 2. The van der Waals surface area contributed by atoms with Crippen molar-refractivity contribution in [3.63, 3.8) is 0 Å². The molecule has 5 nitrogen and oxygen atoms in total. The molecule has 0 bridgehead atoms. The molecular weight excluding hydrogens is 394 g/mol. The van der Waals surface area contributed by atoms with Crippen molar-refractivity contribution in [2.75, 3.05) is 7.05 Å². The molecule has 2 aliphatic rings. The van der Waals surface area contributed by atoms with Crippen LogP contribution in [-0.2, 0) is 30.6 Å². The van der Waals surface area contributed by atoms with Gasteiger partial charge in [-0.2, -0.15) is 0 Å². The van der Waals surface area contributed by atoms with Gasteiger partial charge in [0.05, 0.1) is 17.8 Å². The third kappa shape index (κ3) is 3.27. The number of aryl methyl sites for hydroxylation is 2. The van der Waals surface area contributed by atoms with E-state index in [1.807, 2.05) is 18.0 Å². The molecule has 2 aliphatic carbocycles. The molecule has 0 fully saturated rings. The average Bonchev–Trinajstić information content (AvgIpc) is 3.13. The fourth-order valence-corrected chi connectivity index (χ4v) is 6.38. The van der Waals surface area contributed by atoms with Gasteiger partial charge in [-0.15, -0.1) is 11.3 Å². The van der Waals surface area contributed by atoms with E-state index in [9.17, 15) is 9.59 Å². The lowest BCUT2D eigenvalue weighted by atomic mass is 9.87. The number of fused-ring (bicyclic) bond motifs is 4.